The van der Waals surface area contributed by atoms with Crippen molar-refractivity contribution in [3.05, 3.63) is 28.7 Å². The van der Waals surface area contributed by atoms with Crippen LogP contribution in [0, 0.1) is 0 Å². The lowest BCUT2D eigenvalue weighted by Crippen LogP contribution is -2.36. The van der Waals surface area contributed by atoms with Gasteiger partial charge in [-0.05, 0) is 43.8 Å². The van der Waals surface area contributed by atoms with Crippen molar-refractivity contribution in [3.8, 4) is 11.5 Å². The fraction of sp³-hybridized carbons (Fsp3) is 0.312. The largest absolute Gasteiger partial charge is 0.494 e. The van der Waals surface area contributed by atoms with Crippen molar-refractivity contribution >= 4 is 34.9 Å². The molecule has 0 unspecified atom stereocenters. The Balaban J connectivity index is 2.31. The standard InChI is InChI=1S/C16H18N2O5S/c1-3-22-11-6-5-10(12(8-11)23-4-2)7-13-15(20)18(9-14(17)19)16(21)24-13/h5-8H,3-4,9H2,1-2H3,(H2,17,19)/b13-7-. The highest BCUT2D eigenvalue weighted by atomic mass is 32.2. The van der Waals surface area contributed by atoms with Crippen LogP contribution in [0.2, 0.25) is 0 Å². The molecule has 7 nitrogen and oxygen atoms in total. The molecule has 2 N–H and O–H groups in total. The number of hydrogen-bond donors (Lipinski definition) is 1. The molecule has 3 amide bonds. The Morgan fingerprint density at radius 3 is 2.58 bits per heavy atom. The molecule has 0 radical (unpaired) electrons. The second kappa shape index (κ2) is 7.87. The number of imide groups is 1. The number of hydrogen-bond acceptors (Lipinski definition) is 6. The minimum absolute atomic E-state index is 0.214. The summed E-state index contributed by atoms with van der Waals surface area (Å²) in [5.74, 6) is -0.0835. The van der Waals surface area contributed by atoms with Gasteiger partial charge in [-0.3, -0.25) is 19.3 Å². The SMILES string of the molecule is CCOc1ccc(/C=C2\SC(=O)N(CC(N)=O)C2=O)c(OCC)c1. The molecule has 0 aliphatic carbocycles. The number of primary amides is 1. The van der Waals surface area contributed by atoms with Crippen LogP contribution in [0.1, 0.15) is 19.4 Å². The summed E-state index contributed by atoms with van der Waals surface area (Å²) >= 11 is 0.764. The van der Waals surface area contributed by atoms with Crippen LogP contribution < -0.4 is 15.2 Å². The molecule has 1 aliphatic rings. The molecule has 128 valence electrons. The van der Waals surface area contributed by atoms with E-state index in [1.165, 1.54) is 0 Å². The van der Waals surface area contributed by atoms with E-state index in [-0.39, 0.29) is 4.91 Å². The van der Waals surface area contributed by atoms with Crippen LogP contribution in [0.15, 0.2) is 23.1 Å². The fourth-order valence-electron chi connectivity index (χ4n) is 2.10. The molecule has 1 aliphatic heterocycles. The van der Waals surface area contributed by atoms with Crippen LogP contribution >= 0.6 is 11.8 Å². The zero-order chi connectivity index (χ0) is 17.7. The Labute approximate surface area is 143 Å². The molecule has 24 heavy (non-hydrogen) atoms. The van der Waals surface area contributed by atoms with Gasteiger partial charge in [0.15, 0.2) is 0 Å². The first-order chi connectivity index (χ1) is 11.5. The van der Waals surface area contributed by atoms with Crippen molar-refractivity contribution in [1.82, 2.24) is 4.90 Å². The molecule has 0 bridgehead atoms. The van der Waals surface area contributed by atoms with Crippen molar-refractivity contribution in [3.63, 3.8) is 0 Å². The molecule has 0 aromatic heterocycles. The molecular weight excluding hydrogens is 332 g/mol. The molecule has 1 heterocycles. The maximum absolute atomic E-state index is 12.2. The quantitative estimate of drug-likeness (QED) is 0.755. The molecule has 0 atom stereocenters. The number of ether oxygens (including phenoxy) is 2. The maximum Gasteiger partial charge on any atom is 0.294 e. The minimum Gasteiger partial charge on any atom is -0.494 e. The van der Waals surface area contributed by atoms with E-state index in [4.69, 9.17) is 15.2 Å². The van der Waals surface area contributed by atoms with E-state index in [1.54, 1.807) is 24.3 Å². The number of rotatable bonds is 7. The number of carbonyl (C=O) groups excluding carboxylic acids is 3. The number of benzene rings is 1. The first-order valence-corrected chi connectivity index (χ1v) is 8.21. The summed E-state index contributed by atoms with van der Waals surface area (Å²) in [6.45, 7) is 4.26. The highest BCUT2D eigenvalue weighted by molar-refractivity contribution is 8.18. The maximum atomic E-state index is 12.2. The van der Waals surface area contributed by atoms with E-state index in [1.807, 2.05) is 13.8 Å². The lowest BCUT2D eigenvalue weighted by Gasteiger charge is -2.11. The van der Waals surface area contributed by atoms with Crippen molar-refractivity contribution < 1.29 is 23.9 Å². The molecular formula is C16H18N2O5S. The highest BCUT2D eigenvalue weighted by Gasteiger charge is 2.36. The van der Waals surface area contributed by atoms with Crippen LogP contribution in [0.25, 0.3) is 6.08 Å². The zero-order valence-corrected chi connectivity index (χ0v) is 14.2. The third kappa shape index (κ3) is 4.08. The van der Waals surface area contributed by atoms with Gasteiger partial charge in [0.2, 0.25) is 5.91 Å². The van der Waals surface area contributed by atoms with Crippen molar-refractivity contribution in [2.24, 2.45) is 5.73 Å². The van der Waals surface area contributed by atoms with Gasteiger partial charge in [0.25, 0.3) is 11.1 Å². The van der Waals surface area contributed by atoms with E-state index in [2.05, 4.69) is 0 Å². The minimum atomic E-state index is -0.741. The van der Waals surface area contributed by atoms with Crippen molar-refractivity contribution in [1.29, 1.82) is 0 Å². The lowest BCUT2D eigenvalue weighted by atomic mass is 10.1. The molecule has 2 rings (SSSR count). The molecule has 1 aromatic carbocycles. The molecule has 0 saturated carbocycles. The van der Waals surface area contributed by atoms with Gasteiger partial charge < -0.3 is 15.2 Å². The predicted octanol–water partition coefficient (Wildman–Crippen LogP) is 2.01. The van der Waals surface area contributed by atoms with Gasteiger partial charge in [0.1, 0.15) is 18.0 Å². The van der Waals surface area contributed by atoms with Gasteiger partial charge >= 0.3 is 0 Å². The number of carbonyl (C=O) groups is 3. The summed E-state index contributed by atoms with van der Waals surface area (Å²) in [5.41, 5.74) is 5.70. The molecule has 1 fully saturated rings. The van der Waals surface area contributed by atoms with Crippen LogP contribution in [0.3, 0.4) is 0 Å². The lowest BCUT2D eigenvalue weighted by molar-refractivity contribution is -0.127. The second-order valence-corrected chi connectivity index (χ2v) is 5.79. The Bertz CT molecular complexity index is 702. The van der Waals surface area contributed by atoms with Gasteiger partial charge in [-0.1, -0.05) is 0 Å². The second-order valence-electron chi connectivity index (χ2n) is 4.80. The predicted molar refractivity (Wildman–Crippen MR) is 90.7 cm³/mol. The first-order valence-electron chi connectivity index (χ1n) is 7.39. The van der Waals surface area contributed by atoms with E-state index >= 15 is 0 Å². The van der Waals surface area contributed by atoms with Crippen molar-refractivity contribution in [2.75, 3.05) is 19.8 Å². The zero-order valence-electron chi connectivity index (χ0n) is 13.4. The summed E-state index contributed by atoms with van der Waals surface area (Å²) < 4.78 is 11.0. The van der Waals surface area contributed by atoms with Gasteiger partial charge in [0.05, 0.1) is 18.1 Å². The Morgan fingerprint density at radius 2 is 1.96 bits per heavy atom. The van der Waals surface area contributed by atoms with Gasteiger partial charge in [0, 0.05) is 11.6 Å². The van der Waals surface area contributed by atoms with Crippen LogP contribution in [-0.4, -0.2) is 41.7 Å². The summed E-state index contributed by atoms with van der Waals surface area (Å²) in [6, 6.07) is 5.23. The molecule has 1 aromatic rings. The third-order valence-electron chi connectivity index (χ3n) is 3.07. The van der Waals surface area contributed by atoms with E-state index in [9.17, 15) is 14.4 Å². The Hall–Kier alpha value is -2.48. The Kier molecular flexibility index (Phi) is 5.86. The summed E-state index contributed by atoms with van der Waals surface area (Å²) in [4.78, 5) is 36.1. The number of nitrogens with two attached hydrogens (primary N) is 1. The van der Waals surface area contributed by atoms with Crippen molar-refractivity contribution in [2.45, 2.75) is 13.8 Å². The number of nitrogens with zero attached hydrogens (tertiary/aromatic N) is 1. The summed E-state index contributed by atoms with van der Waals surface area (Å²) in [5, 5.41) is -0.519. The average molecular weight is 350 g/mol. The van der Waals surface area contributed by atoms with E-state index in [0.29, 0.717) is 30.3 Å². The normalized spacial score (nSPS) is 15.9. The third-order valence-corrected chi connectivity index (χ3v) is 3.98. The van der Waals surface area contributed by atoms with E-state index < -0.39 is 23.6 Å². The topological polar surface area (TPSA) is 98.9 Å². The highest BCUT2D eigenvalue weighted by Crippen LogP contribution is 2.35. The Morgan fingerprint density at radius 1 is 1.25 bits per heavy atom. The van der Waals surface area contributed by atoms with Crippen LogP contribution in [-0.2, 0) is 9.59 Å². The average Bonchev–Trinajstić information content (AvgIpc) is 2.77. The van der Waals surface area contributed by atoms with Gasteiger partial charge in [-0.15, -0.1) is 0 Å². The van der Waals surface area contributed by atoms with E-state index in [0.717, 1.165) is 16.7 Å². The monoisotopic (exact) mass is 350 g/mol. The molecule has 8 heteroatoms. The number of amides is 3. The summed E-state index contributed by atoms with van der Waals surface area (Å²) in [7, 11) is 0. The summed E-state index contributed by atoms with van der Waals surface area (Å²) in [6.07, 6.45) is 1.56. The molecule has 1 saturated heterocycles. The van der Waals surface area contributed by atoms with Gasteiger partial charge in [-0.25, -0.2) is 0 Å². The van der Waals surface area contributed by atoms with Crippen LogP contribution in [0.4, 0.5) is 4.79 Å². The number of thioether (sulfide) groups is 1. The smallest absolute Gasteiger partial charge is 0.294 e. The van der Waals surface area contributed by atoms with Gasteiger partial charge in [-0.2, -0.15) is 0 Å². The van der Waals surface area contributed by atoms with Crippen LogP contribution in [0.5, 0.6) is 11.5 Å². The first kappa shape index (κ1) is 17.9. The fourth-order valence-corrected chi connectivity index (χ4v) is 2.93. The molecule has 0 spiro atoms.